The van der Waals surface area contributed by atoms with Gasteiger partial charge in [0.15, 0.2) is 0 Å². The molecule has 4 saturated carbocycles. The number of rotatable bonds is 4. The highest BCUT2D eigenvalue weighted by Gasteiger charge is 2.51. The zero-order valence-electron chi connectivity index (χ0n) is 14.6. The Hall–Kier alpha value is -2.44. The largest absolute Gasteiger partial charge is 0.282 e. The number of nitrogens with zero attached hydrogens (tertiary/aromatic N) is 1. The fourth-order valence-electron chi connectivity index (χ4n) is 5.91. The van der Waals surface area contributed by atoms with E-state index < -0.39 is 10.8 Å². The van der Waals surface area contributed by atoms with Crippen molar-refractivity contribution in [3.8, 4) is 0 Å². The topological polar surface area (TPSA) is 101 Å². The quantitative estimate of drug-likeness (QED) is 0.639. The molecule has 7 nitrogen and oxygen atoms in total. The first-order valence-corrected chi connectivity index (χ1v) is 9.27. The van der Waals surface area contributed by atoms with Crippen molar-refractivity contribution in [3.63, 3.8) is 0 Å². The van der Waals surface area contributed by atoms with E-state index in [0.717, 1.165) is 37.0 Å². The molecule has 0 radical (unpaired) electrons. The van der Waals surface area contributed by atoms with E-state index >= 15 is 0 Å². The minimum atomic E-state index is -0.670. The van der Waals surface area contributed by atoms with Crippen molar-refractivity contribution in [2.24, 2.45) is 23.2 Å². The first-order valence-electron chi connectivity index (χ1n) is 9.27. The fraction of sp³-hybridized carbons (Fsp3) is 0.579. The Bertz CT molecular complexity index is 726. The second-order valence-corrected chi connectivity index (χ2v) is 8.37. The molecule has 4 aliphatic rings. The first kappa shape index (κ1) is 17.0. The number of nitro benzene ring substituents is 1. The molecule has 0 aromatic heterocycles. The Balaban J connectivity index is 1.36. The lowest BCUT2D eigenvalue weighted by atomic mass is 9.49. The number of nitrogens with one attached hydrogen (secondary N) is 2. The highest BCUT2D eigenvalue weighted by molar-refractivity contribution is 5.98. The number of carbonyl (C=O) groups is 2. The minimum Gasteiger partial charge on any atom is -0.273 e. The van der Waals surface area contributed by atoms with E-state index in [2.05, 4.69) is 10.9 Å². The lowest BCUT2D eigenvalue weighted by molar-refractivity contribution is -0.385. The van der Waals surface area contributed by atoms with Crippen LogP contribution < -0.4 is 10.9 Å². The number of hydrazine groups is 1. The molecule has 1 aromatic rings. The summed E-state index contributed by atoms with van der Waals surface area (Å²) in [5, 5.41) is 11.0. The van der Waals surface area contributed by atoms with Crippen LogP contribution in [0.2, 0.25) is 0 Å². The SMILES string of the molecule is O=C(CC12CC3CC(CC(C3)C1)C2)NNC(=O)c1ccccc1[N+](=O)[O-]. The van der Waals surface area contributed by atoms with E-state index in [0.29, 0.717) is 6.42 Å². The number of carbonyl (C=O) groups excluding carboxylic acids is 2. The summed E-state index contributed by atoms with van der Waals surface area (Å²) in [6.07, 6.45) is 7.72. The number of hydrogen-bond acceptors (Lipinski definition) is 4. The number of amides is 2. The molecule has 0 aliphatic heterocycles. The van der Waals surface area contributed by atoms with E-state index in [1.54, 1.807) is 6.07 Å². The van der Waals surface area contributed by atoms with Gasteiger partial charge in [0.2, 0.25) is 5.91 Å². The molecule has 2 N–H and O–H groups in total. The average molecular weight is 357 g/mol. The van der Waals surface area contributed by atoms with Gasteiger partial charge in [-0.1, -0.05) is 12.1 Å². The minimum absolute atomic E-state index is 0.0624. The predicted molar refractivity (Wildman–Crippen MR) is 93.9 cm³/mol. The maximum absolute atomic E-state index is 12.4. The maximum Gasteiger partial charge on any atom is 0.282 e. The molecule has 0 unspecified atom stereocenters. The monoisotopic (exact) mass is 357 g/mol. The van der Waals surface area contributed by atoms with Crippen LogP contribution in [-0.2, 0) is 4.79 Å². The summed E-state index contributed by atoms with van der Waals surface area (Å²) < 4.78 is 0. The molecule has 2 amide bonds. The summed E-state index contributed by atoms with van der Waals surface area (Å²) in [5.41, 5.74) is 4.54. The van der Waals surface area contributed by atoms with Crippen molar-refractivity contribution < 1.29 is 14.5 Å². The molecular weight excluding hydrogens is 334 g/mol. The van der Waals surface area contributed by atoms with Gasteiger partial charge in [-0.05, 0) is 67.8 Å². The van der Waals surface area contributed by atoms with Gasteiger partial charge in [-0.3, -0.25) is 30.6 Å². The fourth-order valence-corrected chi connectivity index (χ4v) is 5.91. The van der Waals surface area contributed by atoms with Crippen molar-refractivity contribution in [3.05, 3.63) is 39.9 Å². The Morgan fingerprint density at radius 2 is 1.62 bits per heavy atom. The molecule has 4 aliphatic carbocycles. The molecule has 0 saturated heterocycles. The summed E-state index contributed by atoms with van der Waals surface area (Å²) in [4.78, 5) is 35.0. The lowest BCUT2D eigenvalue weighted by Crippen LogP contribution is -2.50. The molecule has 1 aromatic carbocycles. The average Bonchev–Trinajstić information content (AvgIpc) is 2.58. The summed E-state index contributed by atoms with van der Waals surface area (Å²) in [6.45, 7) is 0. The van der Waals surface area contributed by atoms with Crippen molar-refractivity contribution >= 4 is 17.5 Å². The molecule has 4 fully saturated rings. The molecule has 4 bridgehead atoms. The molecule has 7 heteroatoms. The van der Waals surface area contributed by atoms with Crippen LogP contribution in [0, 0.1) is 33.3 Å². The molecule has 0 atom stereocenters. The summed E-state index contributed by atoms with van der Waals surface area (Å²) in [7, 11) is 0. The van der Waals surface area contributed by atoms with Gasteiger partial charge in [0.25, 0.3) is 11.6 Å². The van der Waals surface area contributed by atoms with Crippen LogP contribution in [0.15, 0.2) is 24.3 Å². The highest BCUT2D eigenvalue weighted by Crippen LogP contribution is 2.61. The molecule has 26 heavy (non-hydrogen) atoms. The Morgan fingerprint density at radius 1 is 1.04 bits per heavy atom. The van der Waals surface area contributed by atoms with Crippen molar-refractivity contribution in [2.75, 3.05) is 0 Å². The normalized spacial score (nSPS) is 31.5. The van der Waals surface area contributed by atoms with Crippen molar-refractivity contribution in [1.82, 2.24) is 10.9 Å². The van der Waals surface area contributed by atoms with Crippen LogP contribution in [0.4, 0.5) is 5.69 Å². The van der Waals surface area contributed by atoms with Crippen molar-refractivity contribution in [1.29, 1.82) is 0 Å². The third-order valence-electron chi connectivity index (χ3n) is 6.36. The Labute approximate surface area is 151 Å². The van der Waals surface area contributed by atoms with Crippen molar-refractivity contribution in [2.45, 2.75) is 44.9 Å². The zero-order chi connectivity index (χ0) is 18.3. The van der Waals surface area contributed by atoms with Gasteiger partial charge >= 0.3 is 0 Å². The summed E-state index contributed by atoms with van der Waals surface area (Å²) in [6, 6.07) is 5.70. The standard InChI is InChI=1S/C19H23N3O4/c23-17(11-19-8-12-5-13(9-19)7-14(6-12)10-19)20-21-18(24)15-3-1-2-4-16(15)22(25)26/h1-4,12-14H,5-11H2,(H,20,23)(H,21,24). The summed E-state index contributed by atoms with van der Waals surface area (Å²) >= 11 is 0. The van der Waals surface area contributed by atoms with Gasteiger partial charge in [-0.25, -0.2) is 0 Å². The van der Waals surface area contributed by atoms with Crippen LogP contribution in [0.25, 0.3) is 0 Å². The predicted octanol–water partition coefficient (Wildman–Crippen LogP) is 2.96. The third kappa shape index (κ3) is 3.18. The van der Waals surface area contributed by atoms with E-state index in [9.17, 15) is 19.7 Å². The molecule has 138 valence electrons. The Kier molecular flexibility index (Phi) is 4.17. The van der Waals surface area contributed by atoms with E-state index in [1.807, 2.05) is 0 Å². The third-order valence-corrected chi connectivity index (χ3v) is 6.36. The van der Waals surface area contributed by atoms with E-state index in [1.165, 1.54) is 37.5 Å². The molecule has 0 heterocycles. The lowest BCUT2D eigenvalue weighted by Gasteiger charge is -2.56. The van der Waals surface area contributed by atoms with Gasteiger partial charge in [0.05, 0.1) is 4.92 Å². The van der Waals surface area contributed by atoms with Crippen LogP contribution in [0.1, 0.15) is 55.3 Å². The smallest absolute Gasteiger partial charge is 0.273 e. The second kappa shape index (κ2) is 6.37. The van der Waals surface area contributed by atoms with Gasteiger partial charge in [0, 0.05) is 12.5 Å². The van der Waals surface area contributed by atoms with Gasteiger partial charge in [-0.2, -0.15) is 0 Å². The number of hydrogen-bond donors (Lipinski definition) is 2. The van der Waals surface area contributed by atoms with Crippen LogP contribution in [0.3, 0.4) is 0 Å². The van der Waals surface area contributed by atoms with Crippen LogP contribution >= 0.6 is 0 Å². The zero-order valence-corrected chi connectivity index (χ0v) is 14.6. The molecular formula is C19H23N3O4. The molecule has 5 rings (SSSR count). The number of nitro groups is 1. The number of benzene rings is 1. The second-order valence-electron chi connectivity index (χ2n) is 8.37. The Morgan fingerprint density at radius 3 is 2.19 bits per heavy atom. The number of para-hydroxylation sites is 1. The van der Waals surface area contributed by atoms with Gasteiger partial charge in [0.1, 0.15) is 5.56 Å². The first-order chi connectivity index (χ1) is 12.4. The summed E-state index contributed by atoms with van der Waals surface area (Å²) in [5.74, 6) is 1.40. The maximum atomic E-state index is 12.4. The van der Waals surface area contributed by atoms with Gasteiger partial charge < -0.3 is 0 Å². The van der Waals surface area contributed by atoms with Gasteiger partial charge in [-0.15, -0.1) is 0 Å². The highest BCUT2D eigenvalue weighted by atomic mass is 16.6. The molecule has 0 spiro atoms. The van der Waals surface area contributed by atoms with Crippen LogP contribution in [-0.4, -0.2) is 16.7 Å². The van der Waals surface area contributed by atoms with Crippen LogP contribution in [0.5, 0.6) is 0 Å². The van der Waals surface area contributed by atoms with E-state index in [4.69, 9.17) is 0 Å². The van der Waals surface area contributed by atoms with E-state index in [-0.39, 0.29) is 22.6 Å².